The van der Waals surface area contributed by atoms with Crippen LogP contribution in [-0.2, 0) is 6.42 Å². The van der Waals surface area contributed by atoms with Crippen molar-refractivity contribution < 1.29 is 13.9 Å². The molecule has 0 aliphatic heterocycles. The van der Waals surface area contributed by atoms with Crippen molar-refractivity contribution in [1.82, 2.24) is 15.2 Å². The van der Waals surface area contributed by atoms with Gasteiger partial charge in [-0.3, -0.25) is 9.59 Å². The van der Waals surface area contributed by atoms with E-state index in [0.29, 0.717) is 16.3 Å². The largest absolute Gasteiger partial charge is 0.489 e. The van der Waals surface area contributed by atoms with E-state index in [0.717, 1.165) is 0 Å². The lowest BCUT2D eigenvalue weighted by Crippen LogP contribution is -2.17. The molecule has 0 saturated heterocycles. The molecule has 11 heteroatoms. The van der Waals surface area contributed by atoms with Crippen LogP contribution < -0.4 is 21.3 Å². The zero-order chi connectivity index (χ0) is 21.0. The molecule has 8 nitrogen and oxygen atoms in total. The molecular formula is C18H14Cl2FN5O3. The third-order valence-corrected chi connectivity index (χ3v) is 4.57. The number of anilines is 2. The van der Waals surface area contributed by atoms with E-state index < -0.39 is 11.7 Å². The first-order valence-corrected chi connectivity index (χ1v) is 8.99. The van der Waals surface area contributed by atoms with Crippen molar-refractivity contribution in [3.63, 3.8) is 0 Å². The van der Waals surface area contributed by atoms with E-state index in [1.807, 2.05) is 0 Å². The Morgan fingerprint density at radius 1 is 1.24 bits per heavy atom. The number of halogens is 3. The molecule has 2 aromatic heterocycles. The van der Waals surface area contributed by atoms with Gasteiger partial charge in [-0.05, 0) is 23.8 Å². The van der Waals surface area contributed by atoms with Crippen molar-refractivity contribution in [2.45, 2.75) is 6.42 Å². The lowest BCUT2D eigenvalue weighted by atomic mass is 10.1. The van der Waals surface area contributed by atoms with E-state index in [4.69, 9.17) is 33.7 Å². The third kappa shape index (κ3) is 5.01. The number of hydrogen-bond acceptors (Lipinski definition) is 6. The minimum absolute atomic E-state index is 0.0259. The Balaban J connectivity index is 1.69. The van der Waals surface area contributed by atoms with Gasteiger partial charge in [-0.2, -0.15) is 0 Å². The second-order valence-corrected chi connectivity index (χ2v) is 6.58. The summed E-state index contributed by atoms with van der Waals surface area (Å²) in [5.74, 6) is -1.07. The fraction of sp³-hybridized carbons (Fsp3) is 0.111. The fourth-order valence-corrected chi connectivity index (χ4v) is 2.91. The molecule has 0 unspecified atom stereocenters. The second kappa shape index (κ2) is 8.89. The van der Waals surface area contributed by atoms with Crippen molar-refractivity contribution in [3.05, 3.63) is 74.0 Å². The molecule has 3 aromatic rings. The maximum absolute atomic E-state index is 13.6. The van der Waals surface area contributed by atoms with Crippen LogP contribution in [0.2, 0.25) is 10.0 Å². The van der Waals surface area contributed by atoms with Crippen LogP contribution in [0.25, 0.3) is 0 Å². The van der Waals surface area contributed by atoms with Gasteiger partial charge < -0.3 is 20.8 Å². The van der Waals surface area contributed by atoms with Crippen LogP contribution in [0, 0.1) is 5.82 Å². The van der Waals surface area contributed by atoms with E-state index in [9.17, 15) is 14.0 Å². The summed E-state index contributed by atoms with van der Waals surface area (Å²) < 4.78 is 19.1. The molecule has 29 heavy (non-hydrogen) atoms. The number of rotatable bonds is 6. The van der Waals surface area contributed by atoms with Crippen LogP contribution in [-0.4, -0.2) is 27.7 Å². The summed E-state index contributed by atoms with van der Waals surface area (Å²) in [5, 5.41) is 10.2. The van der Waals surface area contributed by atoms with Gasteiger partial charge in [-0.15, -0.1) is 10.2 Å². The van der Waals surface area contributed by atoms with Crippen molar-refractivity contribution in [2.24, 2.45) is 0 Å². The predicted octanol–water partition coefficient (Wildman–Crippen LogP) is 3.07. The molecule has 1 amide bonds. The van der Waals surface area contributed by atoms with E-state index >= 15 is 0 Å². The molecule has 4 N–H and O–H groups in total. The average molecular weight is 438 g/mol. The quantitative estimate of drug-likeness (QED) is 0.509. The molecule has 0 spiro atoms. The van der Waals surface area contributed by atoms with Crippen LogP contribution in [0.15, 0.2) is 41.3 Å². The van der Waals surface area contributed by atoms with Gasteiger partial charge in [-0.1, -0.05) is 23.2 Å². The minimum atomic E-state index is -0.586. The number of pyridine rings is 1. The van der Waals surface area contributed by atoms with Crippen molar-refractivity contribution in [3.8, 4) is 5.75 Å². The number of hydrogen-bond donors (Lipinski definition) is 3. The topological polar surface area (TPSA) is 123 Å². The monoisotopic (exact) mass is 437 g/mol. The van der Waals surface area contributed by atoms with E-state index in [1.54, 1.807) is 0 Å². The lowest BCUT2D eigenvalue weighted by molar-refractivity contribution is 0.102. The number of nitrogens with zero attached hydrogens (tertiary/aromatic N) is 2. The van der Waals surface area contributed by atoms with Gasteiger partial charge >= 0.3 is 0 Å². The first-order chi connectivity index (χ1) is 13.8. The summed E-state index contributed by atoms with van der Waals surface area (Å²) >= 11 is 12.0. The highest BCUT2D eigenvalue weighted by atomic mass is 35.5. The Morgan fingerprint density at radius 3 is 2.76 bits per heavy atom. The number of aromatic nitrogens is 3. The van der Waals surface area contributed by atoms with Crippen LogP contribution in [0.1, 0.15) is 16.1 Å². The molecule has 0 radical (unpaired) electrons. The van der Waals surface area contributed by atoms with Gasteiger partial charge in [0.2, 0.25) is 5.56 Å². The normalized spacial score (nSPS) is 10.6. The summed E-state index contributed by atoms with van der Waals surface area (Å²) in [6.45, 7) is 0.0553. The maximum atomic E-state index is 13.6. The number of aromatic amines is 1. The van der Waals surface area contributed by atoms with Gasteiger partial charge in [0.1, 0.15) is 5.82 Å². The van der Waals surface area contributed by atoms with Crippen LogP contribution >= 0.6 is 23.2 Å². The van der Waals surface area contributed by atoms with E-state index in [2.05, 4.69) is 20.5 Å². The third-order valence-electron chi connectivity index (χ3n) is 3.81. The van der Waals surface area contributed by atoms with E-state index in [1.165, 1.54) is 36.5 Å². The standard InChI is InChI=1S/C18H14Cl2FN5O3/c19-11-2-3-12(21)16(20)10(11)5-6-29-14-7-13(25-26-17(14)22)18(28)24-9-1-4-15(27)23-8-9/h1-4,7-8H,5-6H2,(H2,22,26)(H,23,27)(H,24,28). The molecule has 1 aromatic carbocycles. The van der Waals surface area contributed by atoms with E-state index in [-0.39, 0.29) is 40.9 Å². The molecular weight excluding hydrogens is 424 g/mol. The van der Waals surface area contributed by atoms with Gasteiger partial charge in [0.05, 0.1) is 17.3 Å². The second-order valence-electron chi connectivity index (χ2n) is 5.80. The van der Waals surface area contributed by atoms with Crippen molar-refractivity contribution in [1.29, 1.82) is 0 Å². The maximum Gasteiger partial charge on any atom is 0.276 e. The fourth-order valence-electron chi connectivity index (χ4n) is 2.36. The number of nitrogen functional groups attached to an aromatic ring is 1. The molecule has 0 fully saturated rings. The minimum Gasteiger partial charge on any atom is -0.489 e. The number of carbonyl (C=O) groups is 1. The number of H-pyrrole nitrogens is 1. The number of carbonyl (C=O) groups excluding carboxylic acids is 1. The molecule has 150 valence electrons. The molecule has 2 heterocycles. The highest BCUT2D eigenvalue weighted by molar-refractivity contribution is 6.36. The van der Waals surface area contributed by atoms with Gasteiger partial charge in [0.25, 0.3) is 5.91 Å². The predicted molar refractivity (Wildman–Crippen MR) is 107 cm³/mol. The zero-order valence-electron chi connectivity index (χ0n) is 14.7. The molecule has 0 bridgehead atoms. The number of ether oxygens (including phenoxy) is 1. The molecule has 0 saturated carbocycles. The molecule has 0 atom stereocenters. The van der Waals surface area contributed by atoms with Gasteiger partial charge in [0, 0.05) is 29.8 Å². The van der Waals surface area contributed by atoms with Crippen LogP contribution in [0.3, 0.4) is 0 Å². The van der Waals surface area contributed by atoms with Crippen molar-refractivity contribution >= 4 is 40.6 Å². The Morgan fingerprint density at radius 2 is 2.03 bits per heavy atom. The summed E-state index contributed by atoms with van der Waals surface area (Å²) in [4.78, 5) is 25.8. The summed E-state index contributed by atoms with van der Waals surface area (Å²) in [6, 6.07) is 6.59. The number of benzene rings is 1. The zero-order valence-corrected chi connectivity index (χ0v) is 16.2. The highest BCUT2D eigenvalue weighted by Crippen LogP contribution is 2.28. The Kier molecular flexibility index (Phi) is 6.30. The molecule has 0 aliphatic carbocycles. The number of amides is 1. The van der Waals surface area contributed by atoms with Gasteiger partial charge in [0.15, 0.2) is 17.3 Å². The summed E-state index contributed by atoms with van der Waals surface area (Å²) in [6.07, 6.45) is 1.55. The van der Waals surface area contributed by atoms with Crippen molar-refractivity contribution in [2.75, 3.05) is 17.7 Å². The molecule has 3 rings (SSSR count). The number of nitrogens with two attached hydrogens (primary N) is 1. The smallest absolute Gasteiger partial charge is 0.276 e. The van der Waals surface area contributed by atoms with Crippen LogP contribution in [0.4, 0.5) is 15.9 Å². The highest BCUT2D eigenvalue weighted by Gasteiger charge is 2.15. The summed E-state index contributed by atoms with van der Waals surface area (Å²) in [5.41, 5.74) is 6.15. The SMILES string of the molecule is Nc1nnc(C(=O)Nc2ccc(=O)[nH]c2)cc1OCCc1c(Cl)ccc(F)c1Cl. The van der Waals surface area contributed by atoms with Gasteiger partial charge in [-0.25, -0.2) is 4.39 Å². The lowest BCUT2D eigenvalue weighted by Gasteiger charge is -2.11. The first-order valence-electron chi connectivity index (χ1n) is 8.23. The summed E-state index contributed by atoms with van der Waals surface area (Å²) in [7, 11) is 0. The molecule has 0 aliphatic rings. The average Bonchev–Trinajstić information content (AvgIpc) is 2.70. The Bertz CT molecular complexity index is 1100. The number of nitrogens with one attached hydrogen (secondary N) is 2. The Hall–Kier alpha value is -3.17. The first kappa shape index (κ1) is 20.6. The Labute approximate surface area is 173 Å². The van der Waals surface area contributed by atoms with Crippen LogP contribution in [0.5, 0.6) is 5.75 Å².